The predicted octanol–water partition coefficient (Wildman–Crippen LogP) is 4.47. The molecule has 1 aromatic carbocycles. The zero-order chi connectivity index (χ0) is 21.7. The third-order valence-electron chi connectivity index (χ3n) is 5.60. The third kappa shape index (κ3) is 3.24. The Hall–Kier alpha value is -3.68. The highest BCUT2D eigenvalue weighted by Gasteiger charge is 2.25. The summed E-state index contributed by atoms with van der Waals surface area (Å²) in [5.41, 5.74) is 11.8. The van der Waals surface area contributed by atoms with Crippen LogP contribution in [0.4, 0.5) is 10.2 Å². The summed E-state index contributed by atoms with van der Waals surface area (Å²) in [5, 5.41) is 9.03. The number of aromatic nitrogens is 4. The average molecular weight is 419 g/mol. The van der Waals surface area contributed by atoms with Crippen LogP contribution in [0, 0.1) is 5.82 Å². The fourth-order valence-electron chi connectivity index (χ4n) is 4.15. The van der Waals surface area contributed by atoms with Gasteiger partial charge in [-0.25, -0.2) is 9.37 Å². The van der Waals surface area contributed by atoms with Crippen LogP contribution in [-0.4, -0.2) is 19.9 Å². The van der Waals surface area contributed by atoms with Crippen molar-refractivity contribution in [1.82, 2.24) is 19.9 Å². The van der Waals surface area contributed by atoms with Gasteiger partial charge in [0, 0.05) is 60.1 Å². The molecule has 5 rings (SSSR count). The van der Waals surface area contributed by atoms with Crippen molar-refractivity contribution in [3.8, 4) is 28.1 Å². The molecule has 1 atom stereocenters. The number of ether oxygens (including phenoxy) is 1. The second kappa shape index (κ2) is 7.23. The maximum Gasteiger partial charge on any atom is 0.166 e. The van der Waals surface area contributed by atoms with E-state index in [9.17, 15) is 4.39 Å². The normalized spacial score (nSPS) is 15.2. The zero-order valence-corrected chi connectivity index (χ0v) is 17.5. The molecule has 7 nitrogen and oxygen atoms in total. The Bertz CT molecular complexity index is 1290. The van der Waals surface area contributed by atoms with E-state index >= 15 is 0 Å². The summed E-state index contributed by atoms with van der Waals surface area (Å²) in [7, 11) is 1.86. The fourth-order valence-corrected chi connectivity index (χ4v) is 4.15. The molecule has 4 heterocycles. The quantitative estimate of drug-likeness (QED) is 0.490. The summed E-state index contributed by atoms with van der Waals surface area (Å²) in [6, 6.07) is 6.50. The minimum absolute atomic E-state index is 0.264. The first-order valence-electron chi connectivity index (χ1n) is 10.2. The van der Waals surface area contributed by atoms with Gasteiger partial charge in [0.2, 0.25) is 0 Å². The lowest BCUT2D eigenvalue weighted by atomic mass is 9.94. The first kappa shape index (κ1) is 19.3. The summed E-state index contributed by atoms with van der Waals surface area (Å²) < 4.78 is 27.8. The third-order valence-corrected chi connectivity index (χ3v) is 5.60. The van der Waals surface area contributed by atoms with Crippen LogP contribution in [0.2, 0.25) is 0 Å². The first-order valence-corrected chi connectivity index (χ1v) is 10.2. The van der Waals surface area contributed by atoms with Crippen LogP contribution in [-0.2, 0) is 19.9 Å². The lowest BCUT2D eigenvalue weighted by molar-refractivity contribution is 0.227. The summed E-state index contributed by atoms with van der Waals surface area (Å²) in [6.45, 7) is 3.88. The van der Waals surface area contributed by atoms with E-state index in [0.29, 0.717) is 24.2 Å². The summed E-state index contributed by atoms with van der Waals surface area (Å²) >= 11 is 0. The highest BCUT2D eigenvalue weighted by Crippen LogP contribution is 2.39. The van der Waals surface area contributed by atoms with E-state index in [-0.39, 0.29) is 11.6 Å². The number of aryl methyl sites for hydroxylation is 2. The van der Waals surface area contributed by atoms with Gasteiger partial charge in [-0.2, -0.15) is 5.10 Å². The van der Waals surface area contributed by atoms with Crippen molar-refractivity contribution in [2.75, 3.05) is 5.73 Å². The van der Waals surface area contributed by atoms with Crippen molar-refractivity contribution in [3.05, 3.63) is 65.1 Å². The van der Waals surface area contributed by atoms with E-state index < -0.39 is 6.10 Å². The number of hydrogen-bond donors (Lipinski definition) is 1. The molecule has 31 heavy (non-hydrogen) atoms. The van der Waals surface area contributed by atoms with Gasteiger partial charge in [-0.3, -0.25) is 4.68 Å². The smallest absolute Gasteiger partial charge is 0.166 e. The number of nitrogens with zero attached hydrogens (tertiary/aromatic N) is 4. The SMILES string of the molecule is CCc1onc2c1-c1cnc(N)c(c1)OC(C)c1cc(F)ccc1-c1nn(C)cc1C2. The molecule has 158 valence electrons. The van der Waals surface area contributed by atoms with Crippen LogP contribution in [0.3, 0.4) is 0 Å². The Morgan fingerprint density at radius 2 is 2.13 bits per heavy atom. The Labute approximate surface area is 178 Å². The number of hydrogen-bond acceptors (Lipinski definition) is 6. The number of nitrogen functional groups attached to an aromatic ring is 1. The van der Waals surface area contributed by atoms with Gasteiger partial charge in [-0.05, 0) is 31.2 Å². The molecule has 3 aromatic heterocycles. The zero-order valence-electron chi connectivity index (χ0n) is 17.5. The summed E-state index contributed by atoms with van der Waals surface area (Å²) in [4.78, 5) is 4.33. The Balaban J connectivity index is 1.81. The van der Waals surface area contributed by atoms with Gasteiger partial charge in [0.15, 0.2) is 11.6 Å². The van der Waals surface area contributed by atoms with E-state index in [0.717, 1.165) is 39.4 Å². The second-order valence-corrected chi connectivity index (χ2v) is 7.73. The largest absolute Gasteiger partial charge is 0.482 e. The van der Waals surface area contributed by atoms with Crippen molar-refractivity contribution >= 4 is 5.82 Å². The Morgan fingerprint density at radius 1 is 1.29 bits per heavy atom. The molecule has 0 saturated carbocycles. The number of nitrogens with two attached hydrogens (primary N) is 1. The molecule has 4 aromatic rings. The van der Waals surface area contributed by atoms with Crippen LogP contribution in [0.5, 0.6) is 5.75 Å². The predicted molar refractivity (Wildman–Crippen MR) is 114 cm³/mol. The van der Waals surface area contributed by atoms with Gasteiger partial charge >= 0.3 is 0 Å². The minimum Gasteiger partial charge on any atom is -0.482 e. The first-order chi connectivity index (χ1) is 14.9. The molecule has 1 aliphatic rings. The van der Waals surface area contributed by atoms with Crippen LogP contribution in [0.15, 0.2) is 41.2 Å². The lowest BCUT2D eigenvalue weighted by Gasteiger charge is -2.20. The fraction of sp³-hybridized carbons (Fsp3) is 0.261. The summed E-state index contributed by atoms with van der Waals surface area (Å²) in [6.07, 6.45) is 4.36. The van der Waals surface area contributed by atoms with Crippen LogP contribution in [0.1, 0.15) is 42.5 Å². The van der Waals surface area contributed by atoms with Gasteiger partial charge in [-0.1, -0.05) is 12.1 Å². The lowest BCUT2D eigenvalue weighted by Crippen LogP contribution is -2.09. The number of pyridine rings is 1. The van der Waals surface area contributed by atoms with E-state index in [2.05, 4.69) is 15.2 Å². The van der Waals surface area contributed by atoms with Gasteiger partial charge in [0.05, 0.1) is 11.4 Å². The molecule has 0 spiro atoms. The highest BCUT2D eigenvalue weighted by molar-refractivity contribution is 5.73. The van der Waals surface area contributed by atoms with Gasteiger partial charge in [0.25, 0.3) is 0 Å². The van der Waals surface area contributed by atoms with Crippen molar-refractivity contribution in [1.29, 1.82) is 0 Å². The van der Waals surface area contributed by atoms with E-state index in [1.54, 1.807) is 16.9 Å². The van der Waals surface area contributed by atoms with E-state index in [1.807, 2.05) is 33.2 Å². The Morgan fingerprint density at radius 3 is 2.94 bits per heavy atom. The molecule has 8 heteroatoms. The molecule has 1 aliphatic heterocycles. The molecule has 0 fully saturated rings. The van der Waals surface area contributed by atoms with Crippen molar-refractivity contribution in [2.45, 2.75) is 32.8 Å². The molecule has 0 saturated heterocycles. The molecule has 0 amide bonds. The molecular formula is C23H22FN5O2. The monoisotopic (exact) mass is 419 g/mol. The maximum absolute atomic E-state index is 14.2. The molecular weight excluding hydrogens is 397 g/mol. The standard InChI is InChI=1S/C23H22FN5O2/c1-4-19-21-13-8-20(23(25)26-10-13)30-12(2)17-9-15(24)5-6-16(17)22-14(11-29(3)27-22)7-18(21)28-31-19/h5-6,8-12H,4,7H2,1-3H3,(H2,25,26). The molecule has 0 aliphatic carbocycles. The maximum atomic E-state index is 14.2. The highest BCUT2D eigenvalue weighted by atomic mass is 19.1. The van der Waals surface area contributed by atoms with Gasteiger partial charge < -0.3 is 15.0 Å². The number of halogens is 1. The van der Waals surface area contributed by atoms with Crippen LogP contribution in [0.25, 0.3) is 22.4 Å². The van der Waals surface area contributed by atoms with Gasteiger partial charge in [0.1, 0.15) is 17.7 Å². The van der Waals surface area contributed by atoms with Crippen molar-refractivity contribution in [3.63, 3.8) is 0 Å². The van der Waals surface area contributed by atoms with Crippen LogP contribution < -0.4 is 10.5 Å². The molecule has 2 N–H and O–H groups in total. The molecule has 1 unspecified atom stereocenters. The Kier molecular flexibility index (Phi) is 4.50. The summed E-state index contributed by atoms with van der Waals surface area (Å²) in [5.74, 6) is 1.12. The van der Waals surface area contributed by atoms with E-state index in [4.69, 9.17) is 15.0 Å². The van der Waals surface area contributed by atoms with Gasteiger partial charge in [-0.15, -0.1) is 0 Å². The number of fused-ring (bicyclic) bond motifs is 7. The van der Waals surface area contributed by atoms with Crippen LogP contribution >= 0.6 is 0 Å². The van der Waals surface area contributed by atoms with E-state index in [1.165, 1.54) is 12.1 Å². The average Bonchev–Trinajstić information content (AvgIpc) is 3.32. The molecule has 0 radical (unpaired) electrons. The second-order valence-electron chi connectivity index (χ2n) is 7.73. The van der Waals surface area contributed by atoms with Crippen molar-refractivity contribution < 1.29 is 13.7 Å². The van der Waals surface area contributed by atoms with Crippen molar-refractivity contribution in [2.24, 2.45) is 7.05 Å². The topological polar surface area (TPSA) is 92.0 Å². The minimum atomic E-state index is -0.480. The number of anilines is 1. The number of rotatable bonds is 1. The number of benzene rings is 1. The molecule has 2 bridgehead atoms.